The van der Waals surface area contributed by atoms with Gasteiger partial charge in [-0.05, 0) is 13.3 Å². The van der Waals surface area contributed by atoms with Crippen LogP contribution >= 0.6 is 0 Å². The second-order valence-electron chi connectivity index (χ2n) is 6.14. The van der Waals surface area contributed by atoms with Gasteiger partial charge in [-0.15, -0.1) is 0 Å². The minimum absolute atomic E-state index is 0.529. The number of rotatable bonds is 11. The lowest BCUT2D eigenvalue weighted by Crippen LogP contribution is -2.22. The Labute approximate surface area is 125 Å². The van der Waals surface area contributed by atoms with Crippen molar-refractivity contribution in [3.63, 3.8) is 0 Å². The van der Waals surface area contributed by atoms with E-state index in [9.17, 15) is 0 Å². The molecule has 0 fully saturated rings. The summed E-state index contributed by atoms with van der Waals surface area (Å²) < 4.78 is 2.17. The van der Waals surface area contributed by atoms with Gasteiger partial charge in [0.1, 0.15) is 0 Å². The average molecular weight is 279 g/mol. The summed E-state index contributed by atoms with van der Waals surface area (Å²) in [5.41, 5.74) is 2.66. The predicted octanol–water partition coefficient (Wildman–Crippen LogP) is 4.44. The minimum Gasteiger partial charge on any atom is -0.310 e. The number of aryl methyl sites for hydroxylation is 1. The molecule has 1 rings (SSSR count). The highest BCUT2D eigenvalue weighted by atomic mass is 15.3. The van der Waals surface area contributed by atoms with E-state index in [2.05, 4.69) is 42.8 Å². The van der Waals surface area contributed by atoms with Gasteiger partial charge >= 0.3 is 0 Å². The van der Waals surface area contributed by atoms with Crippen molar-refractivity contribution in [1.82, 2.24) is 15.1 Å². The quantitative estimate of drug-likeness (QED) is 0.607. The fraction of sp³-hybridized carbons (Fsp3) is 0.824. The second-order valence-corrected chi connectivity index (χ2v) is 6.14. The molecule has 0 aromatic carbocycles. The molecule has 0 saturated carbocycles. The normalized spacial score (nSPS) is 11.4. The fourth-order valence-electron chi connectivity index (χ4n) is 2.42. The van der Waals surface area contributed by atoms with Crippen LogP contribution in [0.1, 0.15) is 77.0 Å². The molecular formula is C17H33N3. The van der Waals surface area contributed by atoms with Crippen molar-refractivity contribution in [2.45, 2.75) is 91.8 Å². The van der Waals surface area contributed by atoms with Gasteiger partial charge < -0.3 is 5.32 Å². The Kier molecular flexibility index (Phi) is 8.59. The lowest BCUT2D eigenvalue weighted by molar-refractivity contribution is 0.514. The first-order valence-corrected chi connectivity index (χ1v) is 8.39. The maximum absolute atomic E-state index is 4.52. The molecule has 0 unspecified atom stereocenters. The number of unbranched alkanes of at least 4 members (excludes halogenated alkanes) is 6. The van der Waals surface area contributed by atoms with E-state index in [1.807, 2.05) is 6.20 Å². The molecule has 0 amide bonds. The Hall–Kier alpha value is -0.830. The van der Waals surface area contributed by atoms with Crippen LogP contribution in [0.5, 0.6) is 0 Å². The molecule has 116 valence electrons. The first-order valence-electron chi connectivity index (χ1n) is 8.39. The topological polar surface area (TPSA) is 29.9 Å². The number of nitrogens with zero attached hydrogens (tertiary/aromatic N) is 2. The van der Waals surface area contributed by atoms with Crippen molar-refractivity contribution in [3.05, 3.63) is 17.5 Å². The third-order valence-corrected chi connectivity index (χ3v) is 3.88. The molecular weight excluding hydrogens is 246 g/mol. The van der Waals surface area contributed by atoms with E-state index < -0.39 is 0 Å². The van der Waals surface area contributed by atoms with Gasteiger partial charge in [0, 0.05) is 30.4 Å². The second kappa shape index (κ2) is 9.98. The molecule has 0 bridgehead atoms. The van der Waals surface area contributed by atoms with Gasteiger partial charge in [-0.2, -0.15) is 5.10 Å². The van der Waals surface area contributed by atoms with E-state index in [4.69, 9.17) is 0 Å². The monoisotopic (exact) mass is 279 g/mol. The number of aromatic nitrogens is 2. The minimum atomic E-state index is 0.529. The summed E-state index contributed by atoms with van der Waals surface area (Å²) in [6.07, 6.45) is 11.5. The molecule has 0 radical (unpaired) electrons. The molecule has 0 aliphatic heterocycles. The van der Waals surface area contributed by atoms with Crippen molar-refractivity contribution in [1.29, 1.82) is 0 Å². The highest BCUT2D eigenvalue weighted by molar-refractivity contribution is 5.15. The molecule has 0 aliphatic rings. The van der Waals surface area contributed by atoms with Crippen LogP contribution in [0.3, 0.4) is 0 Å². The first-order chi connectivity index (χ1) is 9.65. The summed E-state index contributed by atoms with van der Waals surface area (Å²) in [7, 11) is 0. The maximum atomic E-state index is 4.52. The summed E-state index contributed by atoms with van der Waals surface area (Å²) in [6.45, 7) is 10.8. The third kappa shape index (κ3) is 6.56. The molecule has 3 nitrogen and oxygen atoms in total. The van der Waals surface area contributed by atoms with Crippen molar-refractivity contribution in [2.75, 3.05) is 0 Å². The predicted molar refractivity (Wildman–Crippen MR) is 86.9 cm³/mol. The van der Waals surface area contributed by atoms with Crippen LogP contribution in [-0.2, 0) is 13.1 Å². The van der Waals surface area contributed by atoms with Gasteiger partial charge in [0.15, 0.2) is 0 Å². The van der Waals surface area contributed by atoms with Gasteiger partial charge in [0.25, 0.3) is 0 Å². The summed E-state index contributed by atoms with van der Waals surface area (Å²) in [4.78, 5) is 0. The van der Waals surface area contributed by atoms with Crippen molar-refractivity contribution < 1.29 is 0 Å². The summed E-state index contributed by atoms with van der Waals surface area (Å²) in [6, 6.07) is 0.529. The zero-order chi connectivity index (χ0) is 14.8. The lowest BCUT2D eigenvalue weighted by atomic mass is 10.1. The number of hydrogen-bond donors (Lipinski definition) is 1. The molecule has 1 aromatic heterocycles. The van der Waals surface area contributed by atoms with Crippen LogP contribution in [0.15, 0.2) is 6.20 Å². The Bertz CT molecular complexity index is 355. The van der Waals surface area contributed by atoms with Crippen LogP contribution in [0.2, 0.25) is 0 Å². The Morgan fingerprint density at radius 1 is 1.10 bits per heavy atom. The van der Waals surface area contributed by atoms with Gasteiger partial charge in [0.05, 0.1) is 6.20 Å². The standard InChI is InChI=1S/C17H33N3/c1-5-6-7-8-9-10-11-12-20-16(4)17(14-19-20)13-18-15(2)3/h14-15,18H,5-13H2,1-4H3. The molecule has 0 atom stereocenters. The average Bonchev–Trinajstić information content (AvgIpc) is 2.76. The zero-order valence-corrected chi connectivity index (χ0v) is 13.9. The van der Waals surface area contributed by atoms with Crippen LogP contribution in [0.25, 0.3) is 0 Å². The first kappa shape index (κ1) is 17.2. The summed E-state index contributed by atoms with van der Waals surface area (Å²) in [5.74, 6) is 0. The molecule has 20 heavy (non-hydrogen) atoms. The Morgan fingerprint density at radius 2 is 1.75 bits per heavy atom. The number of hydrogen-bond acceptors (Lipinski definition) is 2. The van der Waals surface area contributed by atoms with Gasteiger partial charge in [-0.1, -0.05) is 59.3 Å². The molecule has 1 aromatic rings. The maximum Gasteiger partial charge on any atom is 0.0537 e. The fourth-order valence-corrected chi connectivity index (χ4v) is 2.42. The summed E-state index contributed by atoms with van der Waals surface area (Å²) >= 11 is 0. The molecule has 1 heterocycles. The lowest BCUT2D eigenvalue weighted by Gasteiger charge is -2.08. The van der Waals surface area contributed by atoms with Crippen molar-refractivity contribution in [2.24, 2.45) is 0 Å². The van der Waals surface area contributed by atoms with E-state index in [1.165, 1.54) is 56.2 Å². The van der Waals surface area contributed by atoms with Gasteiger partial charge in [0.2, 0.25) is 0 Å². The van der Waals surface area contributed by atoms with Crippen molar-refractivity contribution in [3.8, 4) is 0 Å². The van der Waals surface area contributed by atoms with E-state index in [-0.39, 0.29) is 0 Å². The van der Waals surface area contributed by atoms with E-state index in [0.29, 0.717) is 6.04 Å². The largest absolute Gasteiger partial charge is 0.310 e. The highest BCUT2D eigenvalue weighted by Gasteiger charge is 2.06. The zero-order valence-electron chi connectivity index (χ0n) is 13.9. The molecule has 0 spiro atoms. The van der Waals surface area contributed by atoms with E-state index in [0.717, 1.165) is 13.1 Å². The smallest absolute Gasteiger partial charge is 0.0537 e. The molecule has 3 heteroatoms. The Morgan fingerprint density at radius 3 is 2.40 bits per heavy atom. The van der Waals surface area contributed by atoms with Gasteiger partial charge in [-0.3, -0.25) is 4.68 Å². The summed E-state index contributed by atoms with van der Waals surface area (Å²) in [5, 5.41) is 7.98. The third-order valence-electron chi connectivity index (χ3n) is 3.88. The van der Waals surface area contributed by atoms with Crippen LogP contribution < -0.4 is 5.32 Å². The van der Waals surface area contributed by atoms with Crippen LogP contribution in [-0.4, -0.2) is 15.8 Å². The number of nitrogens with one attached hydrogen (secondary N) is 1. The van der Waals surface area contributed by atoms with Crippen LogP contribution in [0, 0.1) is 6.92 Å². The SMILES string of the molecule is CCCCCCCCCn1ncc(CNC(C)C)c1C. The molecule has 1 N–H and O–H groups in total. The Balaban J connectivity index is 2.20. The van der Waals surface area contributed by atoms with Crippen LogP contribution in [0.4, 0.5) is 0 Å². The highest BCUT2D eigenvalue weighted by Crippen LogP contribution is 2.11. The van der Waals surface area contributed by atoms with Crippen molar-refractivity contribution >= 4 is 0 Å². The molecule has 0 aliphatic carbocycles. The van der Waals surface area contributed by atoms with E-state index in [1.54, 1.807) is 0 Å². The van der Waals surface area contributed by atoms with Gasteiger partial charge in [-0.25, -0.2) is 0 Å². The van der Waals surface area contributed by atoms with E-state index >= 15 is 0 Å². The molecule has 0 saturated heterocycles.